The molecular weight excluding hydrogens is 274 g/mol. The summed E-state index contributed by atoms with van der Waals surface area (Å²) in [6, 6.07) is 0.208. The topological polar surface area (TPSA) is 66.5 Å². The lowest BCUT2D eigenvalue weighted by atomic mass is 9.50. The summed E-state index contributed by atoms with van der Waals surface area (Å²) in [4.78, 5) is 0. The van der Waals surface area contributed by atoms with Crippen molar-refractivity contribution < 1.29 is 10.2 Å². The first-order valence-corrected chi connectivity index (χ1v) is 8.88. The monoisotopic (exact) mass is 303 g/mol. The Morgan fingerprint density at radius 1 is 1.18 bits per heavy atom. The van der Waals surface area contributed by atoms with Crippen LogP contribution in [-0.2, 0) is 0 Å². The molecule has 0 spiro atoms. The maximum Gasteiger partial charge on any atom is 0.0858 e. The minimum absolute atomic E-state index is 0.138. The summed E-state index contributed by atoms with van der Waals surface area (Å²) in [6.07, 6.45) is 11.0. The molecule has 2 fully saturated rings. The van der Waals surface area contributed by atoms with Gasteiger partial charge in [-0.2, -0.15) is 0 Å². The van der Waals surface area contributed by atoms with Crippen molar-refractivity contribution in [3.8, 4) is 0 Å². The minimum atomic E-state index is -0.573. The third kappa shape index (κ3) is 1.79. The molecule has 4 aliphatic rings. The van der Waals surface area contributed by atoms with Gasteiger partial charge in [0.25, 0.3) is 0 Å². The van der Waals surface area contributed by atoms with Crippen molar-refractivity contribution in [2.75, 3.05) is 0 Å². The van der Waals surface area contributed by atoms with Crippen LogP contribution in [0.5, 0.6) is 0 Å². The highest BCUT2D eigenvalue weighted by Gasteiger charge is 2.58. The second-order valence-electron chi connectivity index (χ2n) is 8.65. The first kappa shape index (κ1) is 14.9. The van der Waals surface area contributed by atoms with Gasteiger partial charge in [-0.15, -0.1) is 0 Å². The molecule has 2 saturated carbocycles. The highest BCUT2D eigenvalue weighted by atomic mass is 16.3. The van der Waals surface area contributed by atoms with Crippen LogP contribution in [0.2, 0.25) is 0 Å². The van der Waals surface area contributed by atoms with Gasteiger partial charge in [-0.1, -0.05) is 37.6 Å². The Labute approximate surface area is 133 Å². The average Bonchev–Trinajstić information content (AvgIpc) is 2.72. The quantitative estimate of drug-likeness (QED) is 0.602. The van der Waals surface area contributed by atoms with Crippen molar-refractivity contribution in [3.05, 3.63) is 23.8 Å². The van der Waals surface area contributed by atoms with Crippen LogP contribution in [0.4, 0.5) is 0 Å². The predicted molar refractivity (Wildman–Crippen MR) is 87.0 cm³/mol. The Bertz CT molecular complexity index is 542. The number of aliphatic hydroxyl groups is 2. The van der Waals surface area contributed by atoms with E-state index in [-0.39, 0.29) is 16.9 Å². The average molecular weight is 303 g/mol. The molecule has 3 heteroatoms. The van der Waals surface area contributed by atoms with Crippen LogP contribution in [0, 0.1) is 28.6 Å². The van der Waals surface area contributed by atoms with E-state index in [9.17, 15) is 10.2 Å². The molecule has 3 nitrogen and oxygen atoms in total. The second kappa shape index (κ2) is 4.68. The smallest absolute Gasteiger partial charge is 0.0858 e. The highest BCUT2D eigenvalue weighted by molar-refractivity contribution is 5.34. The number of fused-ring (bicyclic) bond motifs is 5. The van der Waals surface area contributed by atoms with E-state index < -0.39 is 12.2 Å². The molecule has 0 aliphatic heterocycles. The molecule has 8 atom stereocenters. The fourth-order valence-electron chi connectivity index (χ4n) is 6.13. The third-order valence-corrected chi connectivity index (χ3v) is 7.57. The molecule has 4 aliphatic carbocycles. The van der Waals surface area contributed by atoms with Gasteiger partial charge in [-0.25, -0.2) is 0 Å². The standard InChI is InChI=1S/C19H29NO2/c1-18-7-5-12(20)9-11(18)3-4-13-14(18)6-8-19(2)15(13)10-16(21)17(19)22/h5-7,11-13,15-17,21-22H,3-4,8-10,20H2,1-2H3/t11-,12-,13-,15+,16-,17+,18+,19+/m1/s1. The summed E-state index contributed by atoms with van der Waals surface area (Å²) in [5.74, 6) is 1.58. The zero-order valence-corrected chi connectivity index (χ0v) is 13.7. The zero-order valence-electron chi connectivity index (χ0n) is 13.7. The van der Waals surface area contributed by atoms with E-state index in [1.165, 1.54) is 12.8 Å². The second-order valence-corrected chi connectivity index (χ2v) is 8.65. The van der Waals surface area contributed by atoms with Crippen molar-refractivity contribution >= 4 is 0 Å². The van der Waals surface area contributed by atoms with Gasteiger partial charge in [-0.05, 0) is 49.9 Å². The van der Waals surface area contributed by atoms with E-state index in [4.69, 9.17) is 5.73 Å². The largest absolute Gasteiger partial charge is 0.390 e. The lowest BCUT2D eigenvalue weighted by Gasteiger charge is -2.54. The van der Waals surface area contributed by atoms with Crippen molar-refractivity contribution in [3.63, 3.8) is 0 Å². The summed E-state index contributed by atoms with van der Waals surface area (Å²) in [6.45, 7) is 4.55. The van der Waals surface area contributed by atoms with E-state index in [1.54, 1.807) is 5.57 Å². The molecule has 0 aromatic carbocycles. The van der Waals surface area contributed by atoms with Gasteiger partial charge in [0.1, 0.15) is 0 Å². The van der Waals surface area contributed by atoms with Gasteiger partial charge in [0.05, 0.1) is 12.2 Å². The number of rotatable bonds is 0. The molecule has 0 aromatic heterocycles. The summed E-state index contributed by atoms with van der Waals surface area (Å²) < 4.78 is 0. The van der Waals surface area contributed by atoms with Crippen molar-refractivity contribution in [1.29, 1.82) is 0 Å². The SMILES string of the molecule is C[C@]12CC=C3[C@@H](CC[C@@H]4C[C@H](N)C=C[C@]34C)[C@@H]1C[C@@H](O)[C@@H]2O. The van der Waals surface area contributed by atoms with E-state index in [0.717, 1.165) is 19.3 Å². The molecule has 0 heterocycles. The van der Waals surface area contributed by atoms with Crippen molar-refractivity contribution in [1.82, 2.24) is 0 Å². The Morgan fingerprint density at radius 3 is 2.73 bits per heavy atom. The van der Waals surface area contributed by atoms with Gasteiger partial charge >= 0.3 is 0 Å². The summed E-state index contributed by atoms with van der Waals surface area (Å²) in [5, 5.41) is 20.7. The molecule has 122 valence electrons. The van der Waals surface area contributed by atoms with E-state index in [2.05, 4.69) is 32.1 Å². The fraction of sp³-hybridized carbons (Fsp3) is 0.789. The van der Waals surface area contributed by atoms with Crippen LogP contribution < -0.4 is 5.73 Å². The first-order chi connectivity index (χ1) is 10.4. The predicted octanol–water partition coefficient (Wildman–Crippen LogP) is 2.38. The Morgan fingerprint density at radius 2 is 1.95 bits per heavy atom. The molecule has 0 unspecified atom stereocenters. The van der Waals surface area contributed by atoms with E-state index in [1.807, 2.05) is 0 Å². The van der Waals surface area contributed by atoms with E-state index >= 15 is 0 Å². The fourth-order valence-corrected chi connectivity index (χ4v) is 6.13. The van der Waals surface area contributed by atoms with E-state index in [0.29, 0.717) is 17.8 Å². The van der Waals surface area contributed by atoms with Gasteiger partial charge in [0.2, 0.25) is 0 Å². The first-order valence-electron chi connectivity index (χ1n) is 8.88. The molecular formula is C19H29NO2. The maximum absolute atomic E-state index is 10.5. The third-order valence-electron chi connectivity index (χ3n) is 7.57. The van der Waals surface area contributed by atoms with Crippen LogP contribution in [0.3, 0.4) is 0 Å². The van der Waals surface area contributed by atoms with Crippen LogP contribution in [0.15, 0.2) is 23.8 Å². The molecule has 4 N–H and O–H groups in total. The van der Waals surface area contributed by atoms with Gasteiger partial charge in [0, 0.05) is 16.9 Å². The summed E-state index contributed by atoms with van der Waals surface area (Å²) in [5.41, 5.74) is 7.69. The molecule has 0 radical (unpaired) electrons. The number of allylic oxidation sites excluding steroid dienone is 3. The molecule has 0 amide bonds. The van der Waals surface area contributed by atoms with Crippen molar-refractivity contribution in [2.45, 2.75) is 64.2 Å². The molecule has 0 saturated heterocycles. The number of hydrogen-bond acceptors (Lipinski definition) is 3. The Kier molecular flexibility index (Phi) is 3.18. The van der Waals surface area contributed by atoms with Crippen LogP contribution in [0.25, 0.3) is 0 Å². The number of hydrogen-bond donors (Lipinski definition) is 3. The maximum atomic E-state index is 10.5. The molecule has 22 heavy (non-hydrogen) atoms. The number of aliphatic hydroxyl groups excluding tert-OH is 2. The minimum Gasteiger partial charge on any atom is -0.390 e. The lowest BCUT2D eigenvalue weighted by Crippen LogP contribution is -2.48. The van der Waals surface area contributed by atoms with Crippen LogP contribution in [-0.4, -0.2) is 28.5 Å². The lowest BCUT2D eigenvalue weighted by molar-refractivity contribution is -0.0326. The normalized spacial score (nSPS) is 56.9. The van der Waals surface area contributed by atoms with Gasteiger partial charge in [0.15, 0.2) is 0 Å². The molecule has 4 rings (SSSR count). The molecule has 0 aromatic rings. The van der Waals surface area contributed by atoms with Crippen molar-refractivity contribution in [2.24, 2.45) is 34.3 Å². The van der Waals surface area contributed by atoms with Crippen LogP contribution in [0.1, 0.15) is 46.0 Å². The van der Waals surface area contributed by atoms with Gasteiger partial charge < -0.3 is 15.9 Å². The summed E-state index contributed by atoms with van der Waals surface area (Å²) >= 11 is 0. The number of nitrogens with two attached hydrogens (primary N) is 1. The highest BCUT2D eigenvalue weighted by Crippen LogP contribution is 2.62. The summed E-state index contributed by atoms with van der Waals surface area (Å²) in [7, 11) is 0. The van der Waals surface area contributed by atoms with Crippen LogP contribution >= 0.6 is 0 Å². The molecule has 0 bridgehead atoms. The zero-order chi connectivity index (χ0) is 15.7. The van der Waals surface area contributed by atoms with Gasteiger partial charge in [-0.3, -0.25) is 0 Å². The Hall–Kier alpha value is -0.640. The Balaban J connectivity index is 1.74.